The Morgan fingerprint density at radius 1 is 0.896 bits per heavy atom. The lowest BCUT2D eigenvalue weighted by atomic mass is 9.81. The largest absolute Gasteiger partial charge is 0.458 e. The van der Waals surface area contributed by atoms with Gasteiger partial charge in [-0.2, -0.15) is 0 Å². The van der Waals surface area contributed by atoms with Gasteiger partial charge in [-0.05, 0) is 83.0 Å². The molecule has 5 atom stereocenters. The number of ether oxygens (including phenoxy) is 1. The van der Waals surface area contributed by atoms with E-state index in [1.165, 1.54) is 0 Å². The van der Waals surface area contributed by atoms with Crippen LogP contribution in [0.3, 0.4) is 0 Å². The van der Waals surface area contributed by atoms with Gasteiger partial charge in [-0.15, -0.1) is 0 Å². The van der Waals surface area contributed by atoms with Crippen LogP contribution >= 0.6 is 0 Å². The topological polar surface area (TPSA) is 177 Å². The predicted octanol–water partition coefficient (Wildman–Crippen LogP) is 4.13. The third-order valence-electron chi connectivity index (χ3n) is 10.6. The van der Waals surface area contributed by atoms with Crippen LogP contribution in [0, 0.1) is 23.7 Å². The van der Waals surface area contributed by atoms with Crippen LogP contribution in [0.5, 0.6) is 0 Å². The molecule has 0 radical (unpaired) electrons. The highest BCUT2D eigenvalue weighted by atomic mass is 16.6. The Labute approximate surface area is 286 Å². The highest BCUT2D eigenvalue weighted by Crippen LogP contribution is 2.34. The maximum Gasteiger partial charge on any atom is 0.332 e. The summed E-state index contributed by atoms with van der Waals surface area (Å²) in [4.78, 5) is 81.8. The van der Waals surface area contributed by atoms with Crippen molar-refractivity contribution in [3.8, 4) is 0 Å². The second-order valence-electron chi connectivity index (χ2n) is 15.9. The summed E-state index contributed by atoms with van der Waals surface area (Å²) in [7, 11) is 0. The van der Waals surface area contributed by atoms with Gasteiger partial charge in [0.15, 0.2) is 0 Å². The number of carbonyl (C=O) groups is 6. The zero-order valence-electron chi connectivity index (χ0n) is 30.3. The molecule has 0 bridgehead atoms. The second-order valence-corrected chi connectivity index (χ2v) is 15.9. The van der Waals surface area contributed by atoms with E-state index in [1.807, 2.05) is 27.7 Å². The molecule has 12 heteroatoms. The summed E-state index contributed by atoms with van der Waals surface area (Å²) in [6.45, 7) is 13.7. The van der Waals surface area contributed by atoms with Crippen LogP contribution in [0.1, 0.15) is 132 Å². The highest BCUT2D eigenvalue weighted by molar-refractivity contribution is 6.37. The Hall–Kier alpha value is -3.18. The van der Waals surface area contributed by atoms with Gasteiger partial charge in [0.25, 0.3) is 5.91 Å². The fourth-order valence-corrected chi connectivity index (χ4v) is 7.42. The number of amides is 5. The number of nitrogens with two attached hydrogens (primary N) is 1. The van der Waals surface area contributed by atoms with Crippen molar-refractivity contribution in [1.82, 2.24) is 20.9 Å². The van der Waals surface area contributed by atoms with Gasteiger partial charge in [-0.3, -0.25) is 19.2 Å². The van der Waals surface area contributed by atoms with E-state index in [4.69, 9.17) is 10.5 Å². The summed E-state index contributed by atoms with van der Waals surface area (Å²) < 4.78 is 5.75. The molecule has 4 unspecified atom stereocenters. The molecule has 0 spiro atoms. The van der Waals surface area contributed by atoms with E-state index in [2.05, 4.69) is 16.0 Å². The van der Waals surface area contributed by atoms with E-state index in [-0.39, 0.29) is 36.0 Å². The minimum Gasteiger partial charge on any atom is -0.458 e. The Morgan fingerprint density at radius 2 is 1.50 bits per heavy atom. The van der Waals surface area contributed by atoms with E-state index in [0.29, 0.717) is 25.8 Å². The minimum absolute atomic E-state index is 0.0167. The molecule has 2 saturated carbocycles. The number of likely N-dealkylation sites (tertiary alicyclic amines) is 1. The number of nitrogens with zero attached hydrogens (tertiary/aromatic N) is 1. The first-order chi connectivity index (χ1) is 22.5. The van der Waals surface area contributed by atoms with Gasteiger partial charge in [-0.25, -0.2) is 9.59 Å². The summed E-state index contributed by atoms with van der Waals surface area (Å²) >= 11 is 0. The molecule has 3 fully saturated rings. The summed E-state index contributed by atoms with van der Waals surface area (Å²) in [6, 6.07) is -3.48. The highest BCUT2D eigenvalue weighted by Gasteiger charge is 2.47. The molecule has 3 rings (SSSR count). The first-order valence-corrected chi connectivity index (χ1v) is 18.2. The van der Waals surface area contributed by atoms with Crippen molar-refractivity contribution in [2.45, 2.75) is 161 Å². The van der Waals surface area contributed by atoms with Crippen molar-refractivity contribution >= 4 is 35.5 Å². The number of carbonyl (C=O) groups excluding carboxylic acids is 6. The second kappa shape index (κ2) is 17.0. The molecule has 0 aromatic carbocycles. The molecular weight excluding hydrogens is 614 g/mol. The first-order valence-electron chi connectivity index (χ1n) is 18.2. The van der Waals surface area contributed by atoms with Gasteiger partial charge in [-0.1, -0.05) is 72.6 Å². The summed E-state index contributed by atoms with van der Waals surface area (Å²) in [5, 5.41) is 8.68. The van der Waals surface area contributed by atoms with Crippen molar-refractivity contribution in [3.05, 3.63) is 0 Å². The molecule has 3 aliphatic rings. The van der Waals surface area contributed by atoms with E-state index >= 15 is 0 Å². The Bertz CT molecular complexity index is 1170. The van der Waals surface area contributed by atoms with Crippen molar-refractivity contribution in [1.29, 1.82) is 0 Å². The zero-order valence-corrected chi connectivity index (χ0v) is 30.3. The minimum atomic E-state index is -1.19. The van der Waals surface area contributed by atoms with Crippen LogP contribution in [-0.2, 0) is 28.7 Å². The van der Waals surface area contributed by atoms with E-state index < -0.39 is 58.9 Å². The third kappa shape index (κ3) is 10.4. The Balaban J connectivity index is 1.89. The number of Topliss-reactive ketones (excluding diaryl/α,β-unsaturated/α-hetero) is 1. The molecule has 2 aliphatic carbocycles. The van der Waals surface area contributed by atoms with Crippen LogP contribution in [-0.4, -0.2) is 76.2 Å². The number of primary amides is 1. The van der Waals surface area contributed by atoms with E-state index in [9.17, 15) is 28.8 Å². The van der Waals surface area contributed by atoms with Crippen molar-refractivity contribution in [2.24, 2.45) is 29.4 Å². The molecule has 12 nitrogen and oxygen atoms in total. The van der Waals surface area contributed by atoms with Crippen LogP contribution in [0.2, 0.25) is 0 Å². The van der Waals surface area contributed by atoms with Crippen molar-refractivity contribution in [2.75, 3.05) is 6.54 Å². The van der Waals surface area contributed by atoms with E-state index in [1.54, 1.807) is 25.7 Å². The average Bonchev–Trinajstić information content (AvgIpc) is 3.49. The maximum absolute atomic E-state index is 14.6. The average molecular weight is 676 g/mol. The molecular formula is C36H61N5O7. The molecule has 1 heterocycles. The number of hydrogen-bond acceptors (Lipinski definition) is 7. The number of hydrogen-bond donors (Lipinski definition) is 4. The van der Waals surface area contributed by atoms with Gasteiger partial charge >= 0.3 is 12.0 Å². The molecule has 272 valence electrons. The molecule has 5 N–H and O–H groups in total. The monoisotopic (exact) mass is 675 g/mol. The summed E-state index contributed by atoms with van der Waals surface area (Å²) in [5.41, 5.74) is 3.42. The lowest BCUT2D eigenvalue weighted by Crippen LogP contribution is -2.63. The maximum atomic E-state index is 14.6. The van der Waals surface area contributed by atoms with Crippen LogP contribution in [0.15, 0.2) is 0 Å². The van der Waals surface area contributed by atoms with Crippen LogP contribution < -0.4 is 21.7 Å². The lowest BCUT2D eigenvalue weighted by molar-refractivity contribution is -0.164. The lowest BCUT2D eigenvalue weighted by Gasteiger charge is -2.39. The molecule has 1 aliphatic heterocycles. The Kier molecular flexibility index (Phi) is 13.9. The standard InChI is InChI=1S/C36H61N5O7/c1-8-23(4)19-26(29(42)30(37)43)38-31(44)27-20-25(22(2)3)21-41(27)32(45)28(24-15-11-9-12-16-24)39-34(47)40-36(17-13-10-14-18-36)33(46)48-35(5,6)7/h22-28H,8-21H2,1-7H3,(H2,37,43)(H,38,44)(H2,39,40,47)/t23?,25?,26?,27-,28?/m0/s1. The molecule has 0 aromatic heterocycles. The van der Waals surface area contributed by atoms with Gasteiger partial charge in [0.1, 0.15) is 23.2 Å². The van der Waals surface area contributed by atoms with Crippen LogP contribution in [0.4, 0.5) is 4.79 Å². The Morgan fingerprint density at radius 3 is 2.04 bits per heavy atom. The van der Waals surface area contributed by atoms with E-state index in [0.717, 1.165) is 57.8 Å². The first kappa shape index (κ1) is 39.3. The summed E-state index contributed by atoms with van der Waals surface area (Å²) in [6.07, 6.45) is 9.15. The number of rotatable bonds is 13. The van der Waals surface area contributed by atoms with Gasteiger partial charge < -0.3 is 31.3 Å². The number of esters is 1. The predicted molar refractivity (Wildman–Crippen MR) is 182 cm³/mol. The van der Waals surface area contributed by atoms with Crippen LogP contribution in [0.25, 0.3) is 0 Å². The molecule has 1 saturated heterocycles. The van der Waals surface area contributed by atoms with Gasteiger partial charge in [0.05, 0.1) is 6.04 Å². The van der Waals surface area contributed by atoms with Crippen molar-refractivity contribution < 1.29 is 33.5 Å². The molecule has 5 amide bonds. The number of urea groups is 1. The van der Waals surface area contributed by atoms with Gasteiger partial charge in [0, 0.05) is 6.54 Å². The third-order valence-corrected chi connectivity index (χ3v) is 10.6. The normalized spacial score (nSPS) is 23.5. The summed E-state index contributed by atoms with van der Waals surface area (Å²) in [5.74, 6) is -3.21. The molecule has 0 aromatic rings. The number of nitrogens with one attached hydrogen (secondary N) is 3. The van der Waals surface area contributed by atoms with Gasteiger partial charge in [0.2, 0.25) is 17.6 Å². The number of ketones is 1. The fourth-order valence-electron chi connectivity index (χ4n) is 7.42. The zero-order chi connectivity index (χ0) is 35.8. The SMILES string of the molecule is CCC(C)CC(NC(=O)[C@@H]1CC(C(C)C)CN1C(=O)C(NC(=O)NC1(C(=O)OC(C)(C)C)CCCCC1)C1CCCCC1)C(=O)C(N)=O. The quantitative estimate of drug-likeness (QED) is 0.168. The smallest absolute Gasteiger partial charge is 0.332 e. The fraction of sp³-hybridized carbons (Fsp3) is 0.833. The van der Waals surface area contributed by atoms with Crippen molar-refractivity contribution in [3.63, 3.8) is 0 Å². The molecule has 48 heavy (non-hydrogen) atoms.